The molecule has 0 saturated carbocycles. The van der Waals surface area contributed by atoms with Gasteiger partial charge in [0.2, 0.25) is 15.9 Å². The van der Waals surface area contributed by atoms with Gasteiger partial charge < -0.3 is 10.1 Å². The molecule has 7 heteroatoms. The molecule has 0 saturated heterocycles. The Hall–Kier alpha value is -2.38. The van der Waals surface area contributed by atoms with Crippen LogP contribution in [-0.4, -0.2) is 27.5 Å². The summed E-state index contributed by atoms with van der Waals surface area (Å²) in [5.74, 6) is 0.630. The minimum absolute atomic E-state index is 0.0288. The number of hydrogen-bond acceptors (Lipinski definition) is 4. The first-order valence-corrected chi connectivity index (χ1v) is 10.9. The van der Waals surface area contributed by atoms with E-state index in [1.807, 2.05) is 51.1 Å². The number of ether oxygens (including phenoxy) is 1. The van der Waals surface area contributed by atoms with Crippen LogP contribution in [0.2, 0.25) is 0 Å². The van der Waals surface area contributed by atoms with Crippen molar-refractivity contribution < 1.29 is 17.9 Å². The minimum Gasteiger partial charge on any atom is -0.494 e. The molecule has 0 heterocycles. The van der Waals surface area contributed by atoms with Crippen LogP contribution in [0.4, 0.5) is 0 Å². The average Bonchev–Trinajstić information content (AvgIpc) is 2.67. The van der Waals surface area contributed by atoms with E-state index >= 15 is 0 Å². The molecule has 0 aromatic heterocycles. The van der Waals surface area contributed by atoms with Crippen LogP contribution in [-0.2, 0) is 14.8 Å². The Kier molecular flexibility index (Phi) is 8.02. The summed E-state index contributed by atoms with van der Waals surface area (Å²) >= 11 is 0. The Labute approximate surface area is 167 Å². The number of benzene rings is 2. The van der Waals surface area contributed by atoms with Crippen molar-refractivity contribution in [3.05, 3.63) is 60.2 Å². The largest absolute Gasteiger partial charge is 0.494 e. The molecular weight excluding hydrogens is 376 g/mol. The van der Waals surface area contributed by atoms with E-state index in [1.54, 1.807) is 12.1 Å². The third-order valence-corrected chi connectivity index (χ3v) is 5.71. The van der Waals surface area contributed by atoms with Crippen molar-refractivity contribution in [1.29, 1.82) is 0 Å². The predicted molar refractivity (Wildman–Crippen MR) is 110 cm³/mol. The first-order chi connectivity index (χ1) is 13.3. The number of carbonyl (C=O) groups is 1. The Morgan fingerprint density at radius 1 is 1.04 bits per heavy atom. The molecule has 0 aliphatic carbocycles. The molecule has 2 rings (SSSR count). The van der Waals surface area contributed by atoms with Gasteiger partial charge in [-0.2, -0.15) is 0 Å². The van der Waals surface area contributed by atoms with Gasteiger partial charge in [0.05, 0.1) is 17.5 Å². The first-order valence-electron chi connectivity index (χ1n) is 9.40. The molecule has 1 unspecified atom stereocenters. The zero-order valence-corrected chi connectivity index (χ0v) is 17.3. The molecule has 0 fully saturated rings. The highest BCUT2D eigenvalue weighted by Crippen LogP contribution is 2.21. The lowest BCUT2D eigenvalue weighted by molar-refractivity contribution is -0.122. The van der Waals surface area contributed by atoms with Gasteiger partial charge in [-0.05, 0) is 42.7 Å². The third kappa shape index (κ3) is 6.35. The van der Waals surface area contributed by atoms with E-state index in [0.29, 0.717) is 12.4 Å². The van der Waals surface area contributed by atoms with Gasteiger partial charge in [-0.1, -0.05) is 44.2 Å². The summed E-state index contributed by atoms with van der Waals surface area (Å²) in [5.41, 5.74) is 1.03. The number of rotatable bonds is 10. The van der Waals surface area contributed by atoms with Gasteiger partial charge in [0.15, 0.2) is 0 Å². The molecule has 28 heavy (non-hydrogen) atoms. The van der Waals surface area contributed by atoms with E-state index in [0.717, 1.165) is 5.56 Å². The lowest BCUT2D eigenvalue weighted by atomic mass is 9.96. The monoisotopic (exact) mass is 404 g/mol. The van der Waals surface area contributed by atoms with E-state index in [9.17, 15) is 13.2 Å². The fraction of sp³-hybridized carbons (Fsp3) is 0.381. The Bertz CT molecular complexity index is 850. The summed E-state index contributed by atoms with van der Waals surface area (Å²) in [6.07, 6.45) is 0.0618. The van der Waals surface area contributed by atoms with Gasteiger partial charge in [0.1, 0.15) is 5.75 Å². The van der Waals surface area contributed by atoms with Crippen molar-refractivity contribution >= 4 is 15.9 Å². The number of hydrogen-bond donors (Lipinski definition) is 2. The van der Waals surface area contributed by atoms with Crippen molar-refractivity contribution in [2.75, 3.05) is 13.2 Å². The molecule has 0 aliphatic heterocycles. The summed E-state index contributed by atoms with van der Waals surface area (Å²) in [7, 11) is -3.67. The van der Waals surface area contributed by atoms with Crippen LogP contribution in [0.15, 0.2) is 59.5 Å². The molecule has 1 amide bonds. The molecular formula is C21H28N2O4S. The SMILES string of the molecule is CCOc1ccc(S(=O)(=O)NCCC(=O)NC(c2ccccc2)C(C)C)cc1. The van der Waals surface area contributed by atoms with Gasteiger partial charge in [-0.3, -0.25) is 4.79 Å². The molecule has 2 aromatic rings. The van der Waals surface area contributed by atoms with E-state index in [2.05, 4.69) is 10.0 Å². The van der Waals surface area contributed by atoms with Crippen LogP contribution in [0.3, 0.4) is 0 Å². The average molecular weight is 405 g/mol. The molecule has 152 valence electrons. The quantitative estimate of drug-likeness (QED) is 0.637. The summed E-state index contributed by atoms with van der Waals surface area (Å²) in [4.78, 5) is 12.4. The maximum absolute atomic E-state index is 12.4. The highest BCUT2D eigenvalue weighted by Gasteiger charge is 2.19. The second kappa shape index (κ2) is 10.2. The van der Waals surface area contributed by atoms with Crippen molar-refractivity contribution in [2.24, 2.45) is 5.92 Å². The van der Waals surface area contributed by atoms with E-state index in [-0.39, 0.29) is 35.7 Å². The lowest BCUT2D eigenvalue weighted by Crippen LogP contribution is -2.34. The maximum atomic E-state index is 12.4. The number of carbonyl (C=O) groups excluding carboxylic acids is 1. The van der Waals surface area contributed by atoms with Crippen molar-refractivity contribution in [1.82, 2.24) is 10.0 Å². The molecule has 0 radical (unpaired) electrons. The lowest BCUT2D eigenvalue weighted by Gasteiger charge is -2.23. The molecule has 0 spiro atoms. The van der Waals surface area contributed by atoms with Crippen LogP contribution in [0, 0.1) is 5.92 Å². The number of amides is 1. The van der Waals surface area contributed by atoms with Gasteiger partial charge in [0, 0.05) is 13.0 Å². The van der Waals surface area contributed by atoms with Crippen molar-refractivity contribution in [3.63, 3.8) is 0 Å². The standard InChI is InChI=1S/C21H28N2O4S/c1-4-27-18-10-12-19(13-11-18)28(25,26)22-15-14-20(24)23-21(16(2)3)17-8-6-5-7-9-17/h5-13,16,21-22H,4,14-15H2,1-3H3,(H,23,24). The molecule has 0 aliphatic rings. The Balaban J connectivity index is 1.89. The van der Waals surface area contributed by atoms with Crippen LogP contribution in [0.1, 0.15) is 38.8 Å². The van der Waals surface area contributed by atoms with Crippen LogP contribution >= 0.6 is 0 Å². The minimum atomic E-state index is -3.67. The second-order valence-electron chi connectivity index (χ2n) is 6.75. The molecule has 1 atom stereocenters. The van der Waals surface area contributed by atoms with E-state index in [4.69, 9.17) is 4.74 Å². The van der Waals surface area contributed by atoms with Gasteiger partial charge in [0.25, 0.3) is 0 Å². The summed E-state index contributed by atoms with van der Waals surface area (Å²) in [6, 6.07) is 15.8. The zero-order valence-electron chi connectivity index (χ0n) is 16.5. The number of sulfonamides is 1. The predicted octanol–water partition coefficient (Wildman–Crippen LogP) is 3.27. The number of nitrogens with one attached hydrogen (secondary N) is 2. The highest BCUT2D eigenvalue weighted by atomic mass is 32.2. The van der Waals surface area contributed by atoms with Gasteiger partial charge in [-0.15, -0.1) is 0 Å². The first kappa shape index (κ1) is 21.9. The van der Waals surface area contributed by atoms with Crippen LogP contribution in [0.5, 0.6) is 5.75 Å². The van der Waals surface area contributed by atoms with Crippen LogP contribution < -0.4 is 14.8 Å². The summed E-state index contributed by atoms with van der Waals surface area (Å²) < 4.78 is 32.5. The van der Waals surface area contributed by atoms with E-state index in [1.165, 1.54) is 12.1 Å². The van der Waals surface area contributed by atoms with E-state index < -0.39 is 10.0 Å². The normalized spacial score (nSPS) is 12.6. The van der Waals surface area contributed by atoms with Crippen molar-refractivity contribution in [3.8, 4) is 5.75 Å². The smallest absolute Gasteiger partial charge is 0.240 e. The Morgan fingerprint density at radius 3 is 2.25 bits per heavy atom. The maximum Gasteiger partial charge on any atom is 0.240 e. The fourth-order valence-corrected chi connectivity index (χ4v) is 3.84. The molecule has 0 bridgehead atoms. The van der Waals surface area contributed by atoms with Gasteiger partial charge >= 0.3 is 0 Å². The van der Waals surface area contributed by atoms with Crippen molar-refractivity contribution in [2.45, 2.75) is 38.1 Å². The third-order valence-electron chi connectivity index (χ3n) is 4.23. The molecule has 6 nitrogen and oxygen atoms in total. The Morgan fingerprint density at radius 2 is 1.68 bits per heavy atom. The zero-order chi connectivity index (χ0) is 20.6. The summed E-state index contributed by atoms with van der Waals surface area (Å²) in [5, 5.41) is 2.99. The second-order valence-corrected chi connectivity index (χ2v) is 8.52. The van der Waals surface area contributed by atoms with Gasteiger partial charge in [-0.25, -0.2) is 13.1 Å². The molecule has 2 N–H and O–H groups in total. The van der Waals surface area contributed by atoms with Crippen LogP contribution in [0.25, 0.3) is 0 Å². The highest BCUT2D eigenvalue weighted by molar-refractivity contribution is 7.89. The molecule has 2 aromatic carbocycles. The summed E-state index contributed by atoms with van der Waals surface area (Å²) in [6.45, 7) is 6.47. The topological polar surface area (TPSA) is 84.5 Å². The fourth-order valence-electron chi connectivity index (χ4n) is 2.80.